The van der Waals surface area contributed by atoms with E-state index in [0.29, 0.717) is 11.3 Å². The van der Waals surface area contributed by atoms with E-state index in [0.717, 1.165) is 43.4 Å². The highest BCUT2D eigenvalue weighted by atomic mass is 32.2. The lowest BCUT2D eigenvalue weighted by Gasteiger charge is -2.31. The van der Waals surface area contributed by atoms with Crippen LogP contribution in [-0.2, 0) is 20.2 Å². The molecule has 0 radical (unpaired) electrons. The summed E-state index contributed by atoms with van der Waals surface area (Å²) in [5.74, 6) is -0.104. The first-order valence-corrected chi connectivity index (χ1v) is 10.9. The van der Waals surface area contributed by atoms with Crippen LogP contribution in [0.4, 0.5) is 11.4 Å². The molecule has 6 nitrogen and oxygen atoms in total. The molecule has 1 fully saturated rings. The van der Waals surface area contributed by atoms with Gasteiger partial charge in [-0.05, 0) is 55.7 Å². The molecular formula is C21H22N2O4S. The number of hydrogen-bond donors (Lipinski definition) is 2. The first-order chi connectivity index (χ1) is 13.3. The van der Waals surface area contributed by atoms with Gasteiger partial charge in [-0.2, -0.15) is 0 Å². The minimum absolute atomic E-state index is 0.0158. The molecule has 146 valence electrons. The van der Waals surface area contributed by atoms with Gasteiger partial charge in [0.2, 0.25) is 5.91 Å². The maximum atomic E-state index is 12.7. The highest BCUT2D eigenvalue weighted by Crippen LogP contribution is 2.48. The van der Waals surface area contributed by atoms with Crippen LogP contribution in [0.5, 0.6) is 0 Å². The molecule has 1 aliphatic heterocycles. The summed E-state index contributed by atoms with van der Waals surface area (Å²) >= 11 is 0. The molecule has 1 aliphatic carbocycles. The zero-order chi connectivity index (χ0) is 19.9. The van der Waals surface area contributed by atoms with Gasteiger partial charge in [-0.1, -0.05) is 31.4 Å². The number of fused-ring (bicyclic) bond motifs is 2. The van der Waals surface area contributed by atoms with E-state index in [2.05, 4.69) is 10.0 Å². The number of hydrogen-bond acceptors (Lipinski definition) is 4. The molecule has 2 aliphatic rings. The quantitative estimate of drug-likeness (QED) is 0.765. The van der Waals surface area contributed by atoms with Crippen LogP contribution in [0.15, 0.2) is 47.4 Å². The van der Waals surface area contributed by atoms with Gasteiger partial charge < -0.3 is 5.32 Å². The van der Waals surface area contributed by atoms with E-state index < -0.39 is 15.4 Å². The molecule has 0 bridgehead atoms. The summed E-state index contributed by atoms with van der Waals surface area (Å²) in [5, 5.41) is 2.95. The lowest BCUT2D eigenvalue weighted by atomic mass is 9.70. The average Bonchev–Trinajstić information content (AvgIpc) is 2.93. The van der Waals surface area contributed by atoms with E-state index in [1.807, 2.05) is 0 Å². The van der Waals surface area contributed by atoms with Crippen molar-refractivity contribution in [2.45, 2.75) is 49.3 Å². The van der Waals surface area contributed by atoms with Gasteiger partial charge in [0, 0.05) is 16.9 Å². The van der Waals surface area contributed by atoms with Crippen molar-refractivity contribution in [1.29, 1.82) is 0 Å². The van der Waals surface area contributed by atoms with Crippen molar-refractivity contribution in [2.75, 3.05) is 10.0 Å². The van der Waals surface area contributed by atoms with Gasteiger partial charge in [0.1, 0.15) is 0 Å². The maximum Gasteiger partial charge on any atom is 0.261 e. The number of carbonyl (C=O) groups excluding carboxylic acids is 2. The monoisotopic (exact) mass is 398 g/mol. The number of benzene rings is 2. The number of Topliss-reactive ketones (excluding diaryl/α,β-unsaturated/α-hetero) is 1. The van der Waals surface area contributed by atoms with E-state index in [1.165, 1.54) is 31.2 Å². The fraction of sp³-hybridized carbons (Fsp3) is 0.333. The molecular weight excluding hydrogens is 376 g/mol. The highest BCUT2D eigenvalue weighted by Gasteiger charge is 2.47. The maximum absolute atomic E-state index is 12.7. The van der Waals surface area contributed by atoms with Crippen LogP contribution in [0.2, 0.25) is 0 Å². The highest BCUT2D eigenvalue weighted by molar-refractivity contribution is 7.92. The number of nitrogens with one attached hydrogen (secondary N) is 2. The molecule has 1 saturated carbocycles. The summed E-state index contributed by atoms with van der Waals surface area (Å²) in [4.78, 5) is 24.1. The minimum Gasteiger partial charge on any atom is -0.325 e. The summed E-state index contributed by atoms with van der Waals surface area (Å²) < 4.78 is 28.1. The fourth-order valence-corrected chi connectivity index (χ4v) is 5.26. The van der Waals surface area contributed by atoms with Gasteiger partial charge in [0.25, 0.3) is 10.0 Å². The zero-order valence-electron chi connectivity index (χ0n) is 15.6. The Bertz CT molecular complexity index is 1050. The van der Waals surface area contributed by atoms with E-state index >= 15 is 0 Å². The standard InChI is InChI=1S/C21H22N2O4S/c1-14(24)15-5-8-17(9-6-15)28(26,27)23-16-7-10-19-18(13-16)21(20(25)22-19)11-3-2-4-12-21/h5-10,13,23H,2-4,11-12H2,1H3,(H,22,25). The van der Waals surface area contributed by atoms with E-state index in [1.54, 1.807) is 18.2 Å². The number of anilines is 2. The first-order valence-electron chi connectivity index (χ1n) is 9.42. The summed E-state index contributed by atoms with van der Waals surface area (Å²) in [6, 6.07) is 11.0. The molecule has 4 rings (SSSR count). The fourth-order valence-electron chi connectivity index (χ4n) is 4.21. The molecule has 0 saturated heterocycles. The van der Waals surface area contributed by atoms with Gasteiger partial charge in [-0.3, -0.25) is 14.3 Å². The van der Waals surface area contributed by atoms with Gasteiger partial charge >= 0.3 is 0 Å². The molecule has 2 N–H and O–H groups in total. The van der Waals surface area contributed by atoms with Crippen LogP contribution >= 0.6 is 0 Å². The molecule has 1 heterocycles. The van der Waals surface area contributed by atoms with Crippen molar-refractivity contribution in [1.82, 2.24) is 0 Å². The number of amides is 1. The molecule has 0 atom stereocenters. The summed E-state index contributed by atoms with van der Waals surface area (Å²) in [6.45, 7) is 1.43. The topological polar surface area (TPSA) is 92.3 Å². The second-order valence-electron chi connectivity index (χ2n) is 7.54. The number of ketones is 1. The van der Waals surface area contributed by atoms with E-state index in [-0.39, 0.29) is 16.6 Å². The molecule has 0 unspecified atom stereocenters. The lowest BCUT2D eigenvalue weighted by molar-refractivity contribution is -0.121. The largest absolute Gasteiger partial charge is 0.325 e. The summed E-state index contributed by atoms with van der Waals surface area (Å²) in [5.41, 5.74) is 1.99. The number of rotatable bonds is 4. The third kappa shape index (κ3) is 3.09. The number of carbonyl (C=O) groups is 2. The predicted octanol–water partition coefficient (Wildman–Crippen LogP) is 3.84. The Kier molecular flexibility index (Phi) is 4.50. The Balaban J connectivity index is 1.64. The van der Waals surface area contributed by atoms with Crippen LogP contribution in [0.1, 0.15) is 54.9 Å². The molecule has 0 aromatic heterocycles. The average molecular weight is 398 g/mol. The third-order valence-corrected chi connectivity index (χ3v) is 7.15. The van der Waals surface area contributed by atoms with Crippen LogP contribution in [0.3, 0.4) is 0 Å². The SMILES string of the molecule is CC(=O)c1ccc(S(=O)(=O)Nc2ccc3c(c2)C2(CCCCC2)C(=O)N3)cc1. The first kappa shape index (κ1) is 18.7. The predicted molar refractivity (Wildman–Crippen MR) is 107 cm³/mol. The van der Waals surface area contributed by atoms with Crippen LogP contribution in [0, 0.1) is 0 Å². The van der Waals surface area contributed by atoms with Crippen LogP contribution < -0.4 is 10.0 Å². The van der Waals surface area contributed by atoms with Gasteiger partial charge in [0.05, 0.1) is 10.3 Å². The van der Waals surface area contributed by atoms with Gasteiger partial charge in [-0.15, -0.1) is 0 Å². The molecule has 2 aromatic carbocycles. The molecule has 1 amide bonds. The van der Waals surface area contributed by atoms with E-state index in [9.17, 15) is 18.0 Å². The van der Waals surface area contributed by atoms with Gasteiger partial charge in [-0.25, -0.2) is 8.42 Å². The molecule has 2 aromatic rings. The van der Waals surface area contributed by atoms with Crippen molar-refractivity contribution < 1.29 is 18.0 Å². The van der Waals surface area contributed by atoms with Crippen molar-refractivity contribution in [2.24, 2.45) is 0 Å². The number of sulfonamides is 1. The summed E-state index contributed by atoms with van der Waals surface area (Å²) in [7, 11) is -3.80. The Labute approximate surface area is 164 Å². The Morgan fingerprint density at radius 2 is 1.71 bits per heavy atom. The summed E-state index contributed by atoms with van der Waals surface area (Å²) in [6.07, 6.45) is 4.67. The van der Waals surface area contributed by atoms with Crippen molar-refractivity contribution in [3.8, 4) is 0 Å². The van der Waals surface area contributed by atoms with E-state index in [4.69, 9.17) is 0 Å². The normalized spacial score (nSPS) is 17.8. The zero-order valence-corrected chi connectivity index (χ0v) is 16.4. The van der Waals surface area contributed by atoms with Crippen LogP contribution in [-0.4, -0.2) is 20.1 Å². The molecule has 1 spiro atoms. The lowest BCUT2D eigenvalue weighted by Crippen LogP contribution is -2.36. The molecule has 28 heavy (non-hydrogen) atoms. The van der Waals surface area contributed by atoms with Crippen LogP contribution in [0.25, 0.3) is 0 Å². The Hall–Kier alpha value is -2.67. The third-order valence-electron chi connectivity index (χ3n) is 5.75. The van der Waals surface area contributed by atoms with Crippen molar-refractivity contribution >= 4 is 33.1 Å². The second-order valence-corrected chi connectivity index (χ2v) is 9.23. The Morgan fingerprint density at radius 1 is 1.04 bits per heavy atom. The Morgan fingerprint density at radius 3 is 2.36 bits per heavy atom. The molecule has 7 heteroatoms. The van der Waals surface area contributed by atoms with Crippen molar-refractivity contribution in [3.05, 3.63) is 53.6 Å². The minimum atomic E-state index is -3.80. The van der Waals surface area contributed by atoms with Crippen molar-refractivity contribution in [3.63, 3.8) is 0 Å². The smallest absolute Gasteiger partial charge is 0.261 e. The second kappa shape index (κ2) is 6.74. The van der Waals surface area contributed by atoms with Gasteiger partial charge in [0.15, 0.2) is 5.78 Å².